The van der Waals surface area contributed by atoms with Gasteiger partial charge in [-0.25, -0.2) is 0 Å². The molecule has 1 atom stereocenters. The Morgan fingerprint density at radius 1 is 1.24 bits per heavy atom. The van der Waals surface area contributed by atoms with E-state index in [1.54, 1.807) is 6.92 Å². The van der Waals surface area contributed by atoms with Gasteiger partial charge in [0.05, 0.1) is 11.2 Å². The molecule has 0 saturated carbocycles. The molecular weight excluding hydrogens is 264 g/mol. The van der Waals surface area contributed by atoms with Crippen LogP contribution in [0.3, 0.4) is 0 Å². The standard InChI is InChI=1S/C17H22N2O2/c1-10(2)15-11(3)18-14-9-7-6-8-13(14)16(15)19-17(20)12(4)21-5/h6-10,12H,1-5H3,(H,18,19,20). The van der Waals surface area contributed by atoms with E-state index in [1.165, 1.54) is 7.11 Å². The van der Waals surface area contributed by atoms with E-state index >= 15 is 0 Å². The van der Waals surface area contributed by atoms with Crippen molar-refractivity contribution in [2.75, 3.05) is 12.4 Å². The maximum absolute atomic E-state index is 12.2. The largest absolute Gasteiger partial charge is 0.372 e. The second-order valence-corrected chi connectivity index (χ2v) is 5.52. The molecule has 1 aromatic carbocycles. The number of amides is 1. The second kappa shape index (κ2) is 6.22. The average Bonchev–Trinajstić information content (AvgIpc) is 2.45. The summed E-state index contributed by atoms with van der Waals surface area (Å²) in [6.45, 7) is 7.93. The molecule has 21 heavy (non-hydrogen) atoms. The summed E-state index contributed by atoms with van der Waals surface area (Å²) < 4.78 is 5.10. The van der Waals surface area contributed by atoms with Gasteiger partial charge in [0.25, 0.3) is 5.91 Å². The first kappa shape index (κ1) is 15.4. The highest BCUT2D eigenvalue weighted by Gasteiger charge is 2.19. The quantitative estimate of drug-likeness (QED) is 0.933. The van der Waals surface area contributed by atoms with Gasteiger partial charge in [0.15, 0.2) is 0 Å². The highest BCUT2D eigenvalue weighted by Crippen LogP contribution is 2.33. The summed E-state index contributed by atoms with van der Waals surface area (Å²) >= 11 is 0. The number of anilines is 1. The van der Waals surface area contributed by atoms with Crippen molar-refractivity contribution < 1.29 is 9.53 Å². The van der Waals surface area contributed by atoms with Crippen LogP contribution in [-0.2, 0) is 9.53 Å². The number of aryl methyl sites for hydroxylation is 1. The SMILES string of the molecule is COC(C)C(=O)Nc1c(C(C)C)c(C)nc2ccccc12. The monoisotopic (exact) mass is 286 g/mol. The molecule has 1 amide bonds. The lowest BCUT2D eigenvalue weighted by Crippen LogP contribution is -2.27. The molecule has 0 aliphatic rings. The van der Waals surface area contributed by atoms with Crippen LogP contribution in [0.2, 0.25) is 0 Å². The minimum atomic E-state index is -0.489. The summed E-state index contributed by atoms with van der Waals surface area (Å²) in [6.07, 6.45) is -0.489. The van der Waals surface area contributed by atoms with Crippen molar-refractivity contribution in [1.29, 1.82) is 0 Å². The van der Waals surface area contributed by atoms with Gasteiger partial charge >= 0.3 is 0 Å². The van der Waals surface area contributed by atoms with E-state index < -0.39 is 6.10 Å². The molecule has 2 aromatic rings. The number of methoxy groups -OCH3 is 1. The molecule has 0 fully saturated rings. The molecule has 0 aliphatic heterocycles. The number of para-hydroxylation sites is 1. The summed E-state index contributed by atoms with van der Waals surface area (Å²) in [5, 5.41) is 3.98. The highest BCUT2D eigenvalue weighted by molar-refractivity contribution is 6.04. The number of pyridine rings is 1. The minimum Gasteiger partial charge on any atom is -0.372 e. The number of carbonyl (C=O) groups is 1. The maximum Gasteiger partial charge on any atom is 0.253 e. The number of benzene rings is 1. The van der Waals surface area contributed by atoms with Crippen molar-refractivity contribution in [3.05, 3.63) is 35.5 Å². The van der Waals surface area contributed by atoms with Gasteiger partial charge < -0.3 is 10.1 Å². The van der Waals surface area contributed by atoms with E-state index in [1.807, 2.05) is 31.2 Å². The molecule has 4 heteroatoms. The van der Waals surface area contributed by atoms with Crippen LogP contribution in [0.25, 0.3) is 10.9 Å². The lowest BCUT2D eigenvalue weighted by Gasteiger charge is -2.20. The van der Waals surface area contributed by atoms with Crippen molar-refractivity contribution in [2.45, 2.75) is 39.7 Å². The van der Waals surface area contributed by atoms with E-state index in [0.717, 1.165) is 27.8 Å². The number of nitrogens with one attached hydrogen (secondary N) is 1. The van der Waals surface area contributed by atoms with E-state index in [4.69, 9.17) is 4.74 Å². The molecule has 1 N–H and O–H groups in total. The first-order valence-electron chi connectivity index (χ1n) is 7.18. The van der Waals surface area contributed by atoms with Gasteiger partial charge in [-0.15, -0.1) is 0 Å². The fourth-order valence-corrected chi connectivity index (χ4v) is 2.52. The number of rotatable bonds is 4. The Balaban J connectivity index is 2.62. The van der Waals surface area contributed by atoms with Gasteiger partial charge in [-0.2, -0.15) is 0 Å². The second-order valence-electron chi connectivity index (χ2n) is 5.52. The highest BCUT2D eigenvalue weighted by atomic mass is 16.5. The molecule has 1 heterocycles. The average molecular weight is 286 g/mol. The van der Waals surface area contributed by atoms with E-state index in [2.05, 4.69) is 24.1 Å². The summed E-state index contributed by atoms with van der Waals surface area (Å²) in [6, 6.07) is 7.86. The molecule has 0 aliphatic carbocycles. The first-order chi connectivity index (χ1) is 9.95. The fraction of sp³-hybridized carbons (Fsp3) is 0.412. The zero-order valence-electron chi connectivity index (χ0n) is 13.2. The molecule has 2 rings (SSSR count). The van der Waals surface area contributed by atoms with Gasteiger partial charge in [-0.3, -0.25) is 9.78 Å². The van der Waals surface area contributed by atoms with Crippen molar-refractivity contribution in [2.24, 2.45) is 0 Å². The summed E-state index contributed by atoms with van der Waals surface area (Å²) in [5.74, 6) is 0.130. The van der Waals surface area contributed by atoms with Gasteiger partial charge in [0, 0.05) is 23.8 Å². The van der Waals surface area contributed by atoms with Crippen LogP contribution < -0.4 is 5.32 Å². The van der Waals surface area contributed by atoms with E-state index in [-0.39, 0.29) is 11.8 Å². The number of nitrogens with zero attached hydrogens (tertiary/aromatic N) is 1. The maximum atomic E-state index is 12.2. The summed E-state index contributed by atoms with van der Waals surface area (Å²) in [7, 11) is 1.53. The van der Waals surface area contributed by atoms with Crippen LogP contribution >= 0.6 is 0 Å². The molecule has 1 unspecified atom stereocenters. The lowest BCUT2D eigenvalue weighted by molar-refractivity contribution is -0.124. The Morgan fingerprint density at radius 2 is 1.90 bits per heavy atom. The van der Waals surface area contributed by atoms with Gasteiger partial charge in [0.1, 0.15) is 6.10 Å². The Labute approximate surface area is 125 Å². The molecule has 0 bridgehead atoms. The lowest BCUT2D eigenvalue weighted by atomic mass is 9.96. The van der Waals surface area contributed by atoms with Gasteiger partial charge in [-0.05, 0) is 25.8 Å². The Hall–Kier alpha value is -1.94. The zero-order chi connectivity index (χ0) is 15.6. The summed E-state index contributed by atoms with van der Waals surface area (Å²) in [5.41, 5.74) is 3.76. The van der Waals surface area contributed by atoms with Crippen LogP contribution in [0.5, 0.6) is 0 Å². The topological polar surface area (TPSA) is 51.2 Å². The van der Waals surface area contributed by atoms with Crippen LogP contribution in [-0.4, -0.2) is 24.1 Å². The van der Waals surface area contributed by atoms with E-state index in [9.17, 15) is 4.79 Å². The molecule has 1 aromatic heterocycles. The van der Waals surface area contributed by atoms with Crippen molar-refractivity contribution in [3.8, 4) is 0 Å². The summed E-state index contributed by atoms with van der Waals surface area (Å²) in [4.78, 5) is 16.9. The van der Waals surface area contributed by atoms with Gasteiger partial charge in [-0.1, -0.05) is 32.0 Å². The first-order valence-corrected chi connectivity index (χ1v) is 7.18. The fourth-order valence-electron chi connectivity index (χ4n) is 2.52. The Kier molecular flexibility index (Phi) is 4.58. The predicted octanol–water partition coefficient (Wildman–Crippen LogP) is 3.64. The molecule has 0 saturated heterocycles. The number of aromatic nitrogens is 1. The van der Waals surface area contributed by atoms with Crippen LogP contribution in [0.4, 0.5) is 5.69 Å². The molecule has 0 radical (unpaired) electrons. The van der Waals surface area contributed by atoms with Gasteiger partial charge in [0.2, 0.25) is 0 Å². The third-order valence-electron chi connectivity index (χ3n) is 3.67. The van der Waals surface area contributed by atoms with Crippen molar-refractivity contribution in [3.63, 3.8) is 0 Å². The number of hydrogen-bond donors (Lipinski definition) is 1. The van der Waals surface area contributed by atoms with Crippen molar-refractivity contribution in [1.82, 2.24) is 4.98 Å². The zero-order valence-corrected chi connectivity index (χ0v) is 13.2. The third kappa shape index (κ3) is 3.05. The van der Waals surface area contributed by atoms with Crippen LogP contribution in [0.1, 0.15) is 37.9 Å². The minimum absolute atomic E-state index is 0.143. The number of carbonyl (C=O) groups excluding carboxylic acids is 1. The third-order valence-corrected chi connectivity index (χ3v) is 3.67. The van der Waals surface area contributed by atoms with E-state index in [0.29, 0.717) is 0 Å². The number of fused-ring (bicyclic) bond motifs is 1. The number of ether oxygens (including phenoxy) is 1. The smallest absolute Gasteiger partial charge is 0.253 e. The van der Waals surface area contributed by atoms with Crippen molar-refractivity contribution >= 4 is 22.5 Å². The molecule has 0 spiro atoms. The van der Waals surface area contributed by atoms with Crippen LogP contribution in [0, 0.1) is 6.92 Å². The Bertz CT molecular complexity index is 665. The normalized spacial score (nSPS) is 12.7. The van der Waals surface area contributed by atoms with Crippen LogP contribution in [0.15, 0.2) is 24.3 Å². The molecular formula is C17H22N2O2. The molecule has 112 valence electrons. The molecule has 4 nitrogen and oxygen atoms in total. The number of hydrogen-bond acceptors (Lipinski definition) is 3. The Morgan fingerprint density at radius 3 is 2.52 bits per heavy atom. The predicted molar refractivity (Wildman–Crippen MR) is 85.7 cm³/mol.